The number of aromatic amines is 1. The van der Waals surface area contributed by atoms with Crippen LogP contribution < -0.4 is 5.73 Å². The van der Waals surface area contributed by atoms with Crippen molar-refractivity contribution in [3.63, 3.8) is 0 Å². The quantitative estimate of drug-likeness (QED) is 0.856. The summed E-state index contributed by atoms with van der Waals surface area (Å²) in [6.07, 6.45) is 6.43. The van der Waals surface area contributed by atoms with Gasteiger partial charge in [0.05, 0.1) is 22.3 Å². The number of aromatic nitrogens is 2. The number of nitrogens with two attached hydrogens (primary N) is 1. The third-order valence-electron chi connectivity index (χ3n) is 3.55. The van der Waals surface area contributed by atoms with E-state index in [0.717, 1.165) is 24.4 Å². The fourth-order valence-electron chi connectivity index (χ4n) is 2.52. The molecular formula is C13H17N3S. The Balaban J connectivity index is 1.92. The smallest absolute Gasteiger partial charge is 0.126 e. The van der Waals surface area contributed by atoms with Crippen LogP contribution in [0.2, 0.25) is 0 Å². The van der Waals surface area contributed by atoms with Gasteiger partial charge in [-0.1, -0.05) is 12.8 Å². The fraction of sp³-hybridized carbons (Fsp3) is 0.462. The number of imidazole rings is 1. The zero-order valence-corrected chi connectivity index (χ0v) is 10.8. The second-order valence-electron chi connectivity index (χ2n) is 4.92. The van der Waals surface area contributed by atoms with Gasteiger partial charge in [-0.3, -0.25) is 0 Å². The highest BCUT2D eigenvalue weighted by molar-refractivity contribution is 7.15. The first kappa shape index (κ1) is 11.0. The van der Waals surface area contributed by atoms with Crippen LogP contribution >= 0.6 is 11.3 Å². The Bertz CT molecular complexity index is 520. The van der Waals surface area contributed by atoms with Crippen LogP contribution in [0.3, 0.4) is 0 Å². The maximum absolute atomic E-state index is 6.39. The number of thiophene rings is 1. The largest absolute Gasteiger partial charge is 0.340 e. The number of aryl methyl sites for hydroxylation is 1. The highest BCUT2D eigenvalue weighted by Crippen LogP contribution is 2.36. The van der Waals surface area contributed by atoms with Crippen molar-refractivity contribution < 1.29 is 0 Å². The van der Waals surface area contributed by atoms with Crippen LogP contribution in [-0.2, 0) is 5.54 Å². The predicted octanol–water partition coefficient (Wildman–Crippen LogP) is 3.17. The molecule has 2 aromatic heterocycles. The minimum Gasteiger partial charge on any atom is -0.340 e. The molecule has 4 heteroatoms. The van der Waals surface area contributed by atoms with Crippen LogP contribution in [0.4, 0.5) is 0 Å². The molecule has 17 heavy (non-hydrogen) atoms. The molecule has 3 N–H and O–H groups in total. The van der Waals surface area contributed by atoms with Crippen LogP contribution in [0.5, 0.6) is 0 Å². The molecule has 0 aliphatic heterocycles. The van der Waals surface area contributed by atoms with Gasteiger partial charge in [-0.2, -0.15) is 0 Å². The van der Waals surface area contributed by atoms with E-state index in [-0.39, 0.29) is 5.54 Å². The molecule has 2 heterocycles. The molecule has 3 rings (SSSR count). The van der Waals surface area contributed by atoms with Gasteiger partial charge in [0.1, 0.15) is 5.82 Å². The molecule has 0 saturated heterocycles. The third-order valence-corrected chi connectivity index (χ3v) is 4.58. The first-order chi connectivity index (χ1) is 8.17. The molecule has 1 aliphatic rings. The number of hydrogen-bond acceptors (Lipinski definition) is 3. The molecule has 0 aromatic carbocycles. The molecule has 2 aromatic rings. The van der Waals surface area contributed by atoms with E-state index >= 15 is 0 Å². The van der Waals surface area contributed by atoms with E-state index in [1.165, 1.54) is 22.6 Å². The van der Waals surface area contributed by atoms with Crippen molar-refractivity contribution in [2.75, 3.05) is 0 Å². The Labute approximate surface area is 105 Å². The molecule has 0 bridgehead atoms. The van der Waals surface area contributed by atoms with Gasteiger partial charge in [0.25, 0.3) is 0 Å². The molecule has 0 unspecified atom stereocenters. The second kappa shape index (κ2) is 3.96. The second-order valence-corrected chi connectivity index (χ2v) is 6.21. The number of hydrogen-bond donors (Lipinski definition) is 2. The molecule has 1 saturated carbocycles. The number of H-pyrrole nitrogens is 1. The molecule has 1 aliphatic carbocycles. The molecule has 90 valence electrons. The van der Waals surface area contributed by atoms with Gasteiger partial charge in [0.15, 0.2) is 0 Å². The standard InChI is InChI=1S/C13H17N3S/c1-9-4-5-11(17-9)10-8-15-12(16-10)13(14)6-2-3-7-13/h4-5,8H,2-3,6-7,14H2,1H3,(H,15,16). The average Bonchev–Trinajstić information content (AvgIpc) is 2.96. The van der Waals surface area contributed by atoms with Crippen molar-refractivity contribution in [1.82, 2.24) is 9.97 Å². The van der Waals surface area contributed by atoms with Crippen molar-refractivity contribution in [2.24, 2.45) is 5.73 Å². The Hall–Kier alpha value is -1.13. The summed E-state index contributed by atoms with van der Waals surface area (Å²) in [5.41, 5.74) is 7.26. The summed E-state index contributed by atoms with van der Waals surface area (Å²) in [4.78, 5) is 10.4. The lowest BCUT2D eigenvalue weighted by Gasteiger charge is -2.20. The van der Waals surface area contributed by atoms with E-state index in [2.05, 4.69) is 29.0 Å². The van der Waals surface area contributed by atoms with Crippen molar-refractivity contribution >= 4 is 11.3 Å². The first-order valence-corrected chi connectivity index (χ1v) is 6.90. The summed E-state index contributed by atoms with van der Waals surface area (Å²) in [6, 6.07) is 4.27. The Morgan fingerprint density at radius 1 is 1.35 bits per heavy atom. The van der Waals surface area contributed by atoms with Gasteiger partial charge in [-0.15, -0.1) is 11.3 Å². The minimum atomic E-state index is -0.218. The topological polar surface area (TPSA) is 54.7 Å². The monoisotopic (exact) mass is 247 g/mol. The van der Waals surface area contributed by atoms with Crippen LogP contribution in [0.25, 0.3) is 10.6 Å². The van der Waals surface area contributed by atoms with Crippen LogP contribution in [-0.4, -0.2) is 9.97 Å². The van der Waals surface area contributed by atoms with E-state index in [4.69, 9.17) is 5.73 Å². The van der Waals surface area contributed by atoms with Crippen LogP contribution in [0.1, 0.15) is 36.4 Å². The summed E-state index contributed by atoms with van der Waals surface area (Å²) >= 11 is 1.78. The van der Waals surface area contributed by atoms with Gasteiger partial charge >= 0.3 is 0 Å². The lowest BCUT2D eigenvalue weighted by molar-refractivity contribution is 0.436. The highest BCUT2D eigenvalue weighted by atomic mass is 32.1. The SMILES string of the molecule is Cc1ccc(-c2cnc(C3(N)CCCC3)[nH]2)s1. The number of nitrogens with one attached hydrogen (secondary N) is 1. The Morgan fingerprint density at radius 2 is 2.12 bits per heavy atom. The van der Waals surface area contributed by atoms with Crippen molar-refractivity contribution in [3.8, 4) is 10.6 Å². The molecule has 3 nitrogen and oxygen atoms in total. The first-order valence-electron chi connectivity index (χ1n) is 6.09. The molecule has 1 fully saturated rings. The predicted molar refractivity (Wildman–Crippen MR) is 71.0 cm³/mol. The van der Waals surface area contributed by atoms with E-state index < -0.39 is 0 Å². The van der Waals surface area contributed by atoms with Gasteiger partial charge < -0.3 is 10.7 Å². The summed E-state index contributed by atoms with van der Waals surface area (Å²) in [7, 11) is 0. The maximum Gasteiger partial charge on any atom is 0.126 e. The van der Waals surface area contributed by atoms with Crippen LogP contribution in [0.15, 0.2) is 18.3 Å². The van der Waals surface area contributed by atoms with Gasteiger partial charge in [-0.05, 0) is 31.9 Å². The number of nitrogens with zero attached hydrogens (tertiary/aromatic N) is 1. The van der Waals surface area contributed by atoms with Crippen LogP contribution in [0, 0.1) is 6.92 Å². The van der Waals surface area contributed by atoms with Crippen molar-refractivity contribution in [3.05, 3.63) is 29.0 Å². The van der Waals surface area contributed by atoms with E-state index in [0.29, 0.717) is 0 Å². The molecule has 0 atom stereocenters. The third kappa shape index (κ3) is 1.91. The zero-order valence-electron chi connectivity index (χ0n) is 9.99. The van der Waals surface area contributed by atoms with E-state index in [1.807, 2.05) is 6.20 Å². The maximum atomic E-state index is 6.39. The van der Waals surface area contributed by atoms with E-state index in [9.17, 15) is 0 Å². The summed E-state index contributed by atoms with van der Waals surface area (Å²) in [5.74, 6) is 0.955. The molecule has 0 spiro atoms. The Kier molecular flexibility index (Phi) is 2.56. The molecule has 0 amide bonds. The lowest BCUT2D eigenvalue weighted by Crippen LogP contribution is -2.34. The van der Waals surface area contributed by atoms with E-state index in [1.54, 1.807) is 11.3 Å². The summed E-state index contributed by atoms with van der Waals surface area (Å²) < 4.78 is 0. The van der Waals surface area contributed by atoms with Gasteiger partial charge in [0.2, 0.25) is 0 Å². The highest BCUT2D eigenvalue weighted by Gasteiger charge is 2.34. The molecular weight excluding hydrogens is 230 g/mol. The summed E-state index contributed by atoms with van der Waals surface area (Å²) in [6.45, 7) is 2.12. The lowest BCUT2D eigenvalue weighted by atomic mass is 9.99. The number of rotatable bonds is 2. The molecule has 0 radical (unpaired) electrons. The van der Waals surface area contributed by atoms with Crippen molar-refractivity contribution in [1.29, 1.82) is 0 Å². The zero-order chi connectivity index (χ0) is 11.9. The Morgan fingerprint density at radius 3 is 2.76 bits per heavy atom. The average molecular weight is 247 g/mol. The fourth-order valence-corrected chi connectivity index (χ4v) is 3.35. The minimum absolute atomic E-state index is 0.218. The van der Waals surface area contributed by atoms with Gasteiger partial charge in [0, 0.05) is 4.88 Å². The van der Waals surface area contributed by atoms with Crippen molar-refractivity contribution in [2.45, 2.75) is 38.1 Å². The summed E-state index contributed by atoms with van der Waals surface area (Å²) in [5, 5.41) is 0. The normalized spacial score (nSPS) is 18.7. The van der Waals surface area contributed by atoms with Gasteiger partial charge in [-0.25, -0.2) is 4.98 Å².